The first-order chi connectivity index (χ1) is 12.5. The molecule has 0 bridgehead atoms. The highest BCUT2D eigenvalue weighted by atomic mass is 32.1. The molecular weight excluding hydrogens is 348 g/mol. The van der Waals surface area contributed by atoms with Crippen LogP contribution in [0.4, 0.5) is 11.4 Å². The molecule has 1 amide bonds. The molecule has 0 aliphatic carbocycles. The number of aromatic carboxylic acids is 1. The summed E-state index contributed by atoms with van der Waals surface area (Å²) in [5.41, 5.74) is 10.2. The topological polar surface area (TPSA) is 92.4 Å². The number of nitrogens with two attached hydrogens (primary N) is 1. The highest BCUT2D eigenvalue weighted by Gasteiger charge is 2.13. The summed E-state index contributed by atoms with van der Waals surface area (Å²) in [4.78, 5) is 23.1. The maximum atomic E-state index is 12.1. The van der Waals surface area contributed by atoms with Gasteiger partial charge in [0.2, 0.25) is 5.91 Å². The van der Waals surface area contributed by atoms with Gasteiger partial charge in [0.25, 0.3) is 0 Å². The molecule has 26 heavy (non-hydrogen) atoms. The van der Waals surface area contributed by atoms with Gasteiger partial charge in [-0.1, -0.05) is 42.5 Å². The molecule has 2 aromatic carbocycles. The predicted molar refractivity (Wildman–Crippen MR) is 105 cm³/mol. The molecule has 0 fully saturated rings. The fourth-order valence-electron chi connectivity index (χ4n) is 2.64. The summed E-state index contributed by atoms with van der Waals surface area (Å²) in [7, 11) is 0. The van der Waals surface area contributed by atoms with E-state index in [-0.39, 0.29) is 17.9 Å². The SMILES string of the molecule is Nc1ccccc1-c1ccc(CCC(=O)Nc2cscc2C(=O)O)cc1. The minimum Gasteiger partial charge on any atom is -0.478 e. The van der Waals surface area contributed by atoms with E-state index in [1.165, 1.54) is 16.7 Å². The van der Waals surface area contributed by atoms with Crippen LogP contribution in [0.5, 0.6) is 0 Å². The van der Waals surface area contributed by atoms with Crippen LogP contribution in [0.15, 0.2) is 59.3 Å². The zero-order valence-electron chi connectivity index (χ0n) is 13.9. The second-order valence-corrected chi connectivity index (χ2v) is 6.58. The van der Waals surface area contributed by atoms with E-state index >= 15 is 0 Å². The first kappa shape index (κ1) is 17.7. The van der Waals surface area contributed by atoms with Crippen LogP contribution in [0, 0.1) is 0 Å². The van der Waals surface area contributed by atoms with Crippen molar-refractivity contribution in [2.75, 3.05) is 11.1 Å². The van der Waals surface area contributed by atoms with Gasteiger partial charge in [0.05, 0.1) is 11.3 Å². The number of aryl methyl sites for hydroxylation is 1. The Labute approximate surface area is 155 Å². The van der Waals surface area contributed by atoms with E-state index in [2.05, 4.69) is 5.32 Å². The number of amides is 1. The van der Waals surface area contributed by atoms with Gasteiger partial charge in [-0.05, 0) is 23.6 Å². The molecule has 0 aliphatic rings. The quantitative estimate of drug-likeness (QED) is 0.568. The van der Waals surface area contributed by atoms with Crippen molar-refractivity contribution in [3.8, 4) is 11.1 Å². The summed E-state index contributed by atoms with van der Waals surface area (Å²) in [6.45, 7) is 0. The normalized spacial score (nSPS) is 10.5. The highest BCUT2D eigenvalue weighted by Crippen LogP contribution is 2.26. The number of rotatable bonds is 6. The van der Waals surface area contributed by atoms with Gasteiger partial charge in [-0.2, -0.15) is 0 Å². The van der Waals surface area contributed by atoms with E-state index in [0.29, 0.717) is 12.1 Å². The maximum Gasteiger partial charge on any atom is 0.338 e. The summed E-state index contributed by atoms with van der Waals surface area (Å²) in [6.07, 6.45) is 0.852. The molecule has 0 spiro atoms. The number of carboxylic acid groups (broad SMARTS) is 1. The Bertz CT molecular complexity index is 932. The average molecular weight is 366 g/mol. The van der Waals surface area contributed by atoms with Crippen molar-refractivity contribution in [2.45, 2.75) is 12.8 Å². The third kappa shape index (κ3) is 4.10. The Morgan fingerprint density at radius 2 is 1.77 bits per heavy atom. The molecule has 3 rings (SSSR count). The van der Waals surface area contributed by atoms with Gasteiger partial charge in [-0.25, -0.2) is 4.79 Å². The van der Waals surface area contributed by atoms with Crippen LogP contribution in [-0.4, -0.2) is 17.0 Å². The lowest BCUT2D eigenvalue weighted by atomic mass is 10.0. The summed E-state index contributed by atoms with van der Waals surface area (Å²) < 4.78 is 0. The van der Waals surface area contributed by atoms with Crippen LogP contribution >= 0.6 is 11.3 Å². The monoisotopic (exact) mass is 366 g/mol. The van der Waals surface area contributed by atoms with E-state index in [1.807, 2.05) is 48.5 Å². The molecule has 5 nitrogen and oxygen atoms in total. The van der Waals surface area contributed by atoms with Gasteiger partial charge in [0.15, 0.2) is 0 Å². The minimum atomic E-state index is -1.04. The third-order valence-electron chi connectivity index (χ3n) is 4.03. The minimum absolute atomic E-state index is 0.119. The molecule has 6 heteroatoms. The van der Waals surface area contributed by atoms with Crippen molar-refractivity contribution in [1.29, 1.82) is 0 Å². The third-order valence-corrected chi connectivity index (χ3v) is 4.78. The van der Waals surface area contributed by atoms with Crippen molar-refractivity contribution in [3.05, 3.63) is 70.4 Å². The Morgan fingerprint density at radius 1 is 1.04 bits per heavy atom. The molecule has 0 aliphatic heterocycles. The van der Waals surface area contributed by atoms with E-state index in [4.69, 9.17) is 10.8 Å². The standard InChI is InChI=1S/C20H18N2O3S/c21-17-4-2-1-3-15(17)14-8-5-13(6-9-14)7-10-19(23)22-18-12-26-11-16(18)20(24)25/h1-6,8-9,11-12H,7,10,21H2,(H,22,23)(H,24,25). The van der Waals surface area contributed by atoms with Crippen molar-refractivity contribution in [1.82, 2.24) is 0 Å². The number of hydrogen-bond acceptors (Lipinski definition) is 4. The second-order valence-electron chi connectivity index (χ2n) is 5.84. The Morgan fingerprint density at radius 3 is 2.46 bits per heavy atom. The fourth-order valence-corrected chi connectivity index (χ4v) is 3.39. The first-order valence-electron chi connectivity index (χ1n) is 8.08. The van der Waals surface area contributed by atoms with E-state index in [9.17, 15) is 9.59 Å². The molecule has 132 valence electrons. The van der Waals surface area contributed by atoms with E-state index < -0.39 is 5.97 Å². The van der Waals surface area contributed by atoms with E-state index in [0.717, 1.165) is 22.4 Å². The molecule has 3 aromatic rings. The lowest BCUT2D eigenvalue weighted by Crippen LogP contribution is -2.14. The molecule has 1 aromatic heterocycles. The van der Waals surface area contributed by atoms with Crippen LogP contribution < -0.4 is 11.1 Å². The number of thiophene rings is 1. The van der Waals surface area contributed by atoms with Gasteiger partial charge in [-0.3, -0.25) is 4.79 Å². The number of nitrogens with one attached hydrogen (secondary N) is 1. The second kappa shape index (κ2) is 7.84. The van der Waals surface area contributed by atoms with E-state index in [1.54, 1.807) is 5.38 Å². The van der Waals surface area contributed by atoms with Crippen LogP contribution in [-0.2, 0) is 11.2 Å². The number of anilines is 2. The number of nitrogen functional groups attached to an aromatic ring is 1. The Balaban J connectivity index is 1.60. The smallest absolute Gasteiger partial charge is 0.338 e. The number of carbonyl (C=O) groups excluding carboxylic acids is 1. The molecule has 0 saturated carbocycles. The summed E-state index contributed by atoms with van der Waals surface area (Å²) in [6, 6.07) is 15.6. The van der Waals surface area contributed by atoms with Gasteiger partial charge in [0, 0.05) is 28.4 Å². The molecule has 1 heterocycles. The molecule has 4 N–H and O–H groups in total. The summed E-state index contributed by atoms with van der Waals surface area (Å²) >= 11 is 1.25. The zero-order valence-corrected chi connectivity index (χ0v) is 14.8. The summed E-state index contributed by atoms with van der Waals surface area (Å²) in [5, 5.41) is 14.9. The lowest BCUT2D eigenvalue weighted by Gasteiger charge is -2.08. The predicted octanol–water partition coefficient (Wildman–Crippen LogP) is 4.27. The molecule has 0 radical (unpaired) electrons. The van der Waals surface area contributed by atoms with Gasteiger partial charge in [0.1, 0.15) is 0 Å². The van der Waals surface area contributed by atoms with Crippen LogP contribution in [0.3, 0.4) is 0 Å². The largest absolute Gasteiger partial charge is 0.478 e. The molecule has 0 atom stereocenters. The first-order valence-corrected chi connectivity index (χ1v) is 9.02. The van der Waals surface area contributed by atoms with Gasteiger partial charge < -0.3 is 16.2 Å². The Hall–Kier alpha value is -3.12. The number of carbonyl (C=O) groups is 2. The lowest BCUT2D eigenvalue weighted by molar-refractivity contribution is -0.116. The number of hydrogen-bond donors (Lipinski definition) is 3. The summed E-state index contributed by atoms with van der Waals surface area (Å²) in [5.74, 6) is -1.25. The van der Waals surface area contributed by atoms with Crippen molar-refractivity contribution < 1.29 is 14.7 Å². The fraction of sp³-hybridized carbons (Fsp3) is 0.100. The Kier molecular flexibility index (Phi) is 5.34. The maximum absolute atomic E-state index is 12.1. The zero-order chi connectivity index (χ0) is 18.5. The van der Waals surface area contributed by atoms with Gasteiger partial charge in [-0.15, -0.1) is 11.3 Å². The molecule has 0 saturated heterocycles. The molecular formula is C20H18N2O3S. The van der Waals surface area contributed by atoms with Gasteiger partial charge >= 0.3 is 5.97 Å². The van der Waals surface area contributed by atoms with Crippen molar-refractivity contribution in [2.24, 2.45) is 0 Å². The number of carboxylic acids is 1. The van der Waals surface area contributed by atoms with Crippen molar-refractivity contribution >= 4 is 34.6 Å². The average Bonchev–Trinajstić information content (AvgIpc) is 3.09. The highest BCUT2D eigenvalue weighted by molar-refractivity contribution is 7.08. The van der Waals surface area contributed by atoms with Crippen LogP contribution in [0.1, 0.15) is 22.3 Å². The number of benzene rings is 2. The molecule has 0 unspecified atom stereocenters. The number of para-hydroxylation sites is 1. The van der Waals surface area contributed by atoms with Crippen LogP contribution in [0.2, 0.25) is 0 Å². The van der Waals surface area contributed by atoms with Crippen molar-refractivity contribution in [3.63, 3.8) is 0 Å². The van der Waals surface area contributed by atoms with Crippen LogP contribution in [0.25, 0.3) is 11.1 Å².